The second-order valence-corrected chi connectivity index (χ2v) is 5.22. The molecule has 1 aromatic rings. The van der Waals surface area contributed by atoms with Crippen molar-refractivity contribution in [3.63, 3.8) is 0 Å². The fourth-order valence-electron chi connectivity index (χ4n) is 2.36. The highest BCUT2D eigenvalue weighted by Crippen LogP contribution is 2.26. The molecule has 0 saturated heterocycles. The first kappa shape index (κ1) is 15.0. The smallest absolute Gasteiger partial charge is 0.223 e. The van der Waals surface area contributed by atoms with Crippen LogP contribution in [0.1, 0.15) is 31.7 Å². The summed E-state index contributed by atoms with van der Waals surface area (Å²) in [6.07, 6.45) is 3.03. The van der Waals surface area contributed by atoms with Gasteiger partial charge in [0.1, 0.15) is 6.07 Å². The zero-order valence-corrected chi connectivity index (χ0v) is 12.1. The Kier molecular flexibility index (Phi) is 4.94. The SMILES string of the molecule is CC(=O)N(CCNC(=O)C1CCC1)c1ccccc1C#N. The second kappa shape index (κ2) is 6.89. The second-order valence-electron chi connectivity index (χ2n) is 5.22. The zero-order chi connectivity index (χ0) is 15.2. The van der Waals surface area contributed by atoms with Crippen molar-refractivity contribution < 1.29 is 9.59 Å². The van der Waals surface area contributed by atoms with Crippen LogP contribution >= 0.6 is 0 Å². The number of carbonyl (C=O) groups is 2. The lowest BCUT2D eigenvalue weighted by molar-refractivity contribution is -0.127. The fraction of sp³-hybridized carbons (Fsp3) is 0.438. The van der Waals surface area contributed by atoms with Gasteiger partial charge in [-0.2, -0.15) is 5.26 Å². The summed E-state index contributed by atoms with van der Waals surface area (Å²) >= 11 is 0. The Morgan fingerprint density at radius 3 is 2.67 bits per heavy atom. The molecule has 0 atom stereocenters. The van der Waals surface area contributed by atoms with E-state index in [9.17, 15) is 9.59 Å². The summed E-state index contributed by atoms with van der Waals surface area (Å²) in [6.45, 7) is 2.23. The molecule has 0 heterocycles. The summed E-state index contributed by atoms with van der Waals surface area (Å²) in [5.74, 6) is 0.0658. The molecule has 21 heavy (non-hydrogen) atoms. The van der Waals surface area contributed by atoms with E-state index in [0.29, 0.717) is 24.3 Å². The summed E-state index contributed by atoms with van der Waals surface area (Å²) in [5.41, 5.74) is 1.04. The maximum absolute atomic E-state index is 11.8. The Morgan fingerprint density at radius 2 is 2.10 bits per heavy atom. The minimum atomic E-state index is -0.143. The average molecular weight is 285 g/mol. The van der Waals surface area contributed by atoms with Gasteiger partial charge in [-0.15, -0.1) is 0 Å². The molecule has 1 aliphatic carbocycles. The Bertz CT molecular complexity index is 573. The molecule has 1 N–H and O–H groups in total. The molecule has 5 nitrogen and oxygen atoms in total. The van der Waals surface area contributed by atoms with E-state index in [-0.39, 0.29) is 17.7 Å². The maximum Gasteiger partial charge on any atom is 0.223 e. The Hall–Kier alpha value is -2.35. The van der Waals surface area contributed by atoms with Crippen LogP contribution in [0.25, 0.3) is 0 Å². The minimum Gasteiger partial charge on any atom is -0.354 e. The molecule has 0 aliphatic heterocycles. The molecule has 5 heteroatoms. The van der Waals surface area contributed by atoms with E-state index < -0.39 is 0 Å². The first-order valence-corrected chi connectivity index (χ1v) is 7.18. The van der Waals surface area contributed by atoms with Crippen LogP contribution < -0.4 is 10.2 Å². The quantitative estimate of drug-likeness (QED) is 0.897. The molecule has 110 valence electrons. The monoisotopic (exact) mass is 285 g/mol. The normalized spacial score (nSPS) is 13.9. The van der Waals surface area contributed by atoms with Gasteiger partial charge in [0.15, 0.2) is 0 Å². The van der Waals surface area contributed by atoms with Gasteiger partial charge in [0.05, 0.1) is 11.3 Å². The zero-order valence-electron chi connectivity index (χ0n) is 12.1. The predicted octanol–water partition coefficient (Wildman–Crippen LogP) is 1.83. The number of benzene rings is 1. The van der Waals surface area contributed by atoms with Gasteiger partial charge in [-0.1, -0.05) is 18.6 Å². The molecule has 2 amide bonds. The maximum atomic E-state index is 11.8. The summed E-state index contributed by atoms with van der Waals surface area (Å²) < 4.78 is 0. The first-order valence-electron chi connectivity index (χ1n) is 7.18. The fourth-order valence-corrected chi connectivity index (χ4v) is 2.36. The third-order valence-corrected chi connectivity index (χ3v) is 3.81. The number of hydrogen-bond donors (Lipinski definition) is 1. The van der Waals surface area contributed by atoms with Gasteiger partial charge in [-0.3, -0.25) is 9.59 Å². The van der Waals surface area contributed by atoms with Gasteiger partial charge in [0.25, 0.3) is 0 Å². The van der Waals surface area contributed by atoms with Crippen LogP contribution in [0.2, 0.25) is 0 Å². The van der Waals surface area contributed by atoms with Gasteiger partial charge >= 0.3 is 0 Å². The van der Waals surface area contributed by atoms with E-state index in [1.54, 1.807) is 24.3 Å². The summed E-state index contributed by atoms with van der Waals surface area (Å²) in [6, 6.07) is 9.06. The largest absolute Gasteiger partial charge is 0.354 e. The van der Waals surface area contributed by atoms with Crippen molar-refractivity contribution in [3.8, 4) is 6.07 Å². The van der Waals surface area contributed by atoms with E-state index in [0.717, 1.165) is 19.3 Å². The van der Waals surface area contributed by atoms with E-state index in [2.05, 4.69) is 11.4 Å². The van der Waals surface area contributed by atoms with E-state index in [1.165, 1.54) is 11.8 Å². The molecular formula is C16H19N3O2. The van der Waals surface area contributed by atoms with Gasteiger partial charge in [-0.25, -0.2) is 0 Å². The molecule has 2 rings (SSSR count). The first-order chi connectivity index (χ1) is 10.1. The average Bonchev–Trinajstić information content (AvgIpc) is 2.41. The molecule has 1 aliphatic rings. The van der Waals surface area contributed by atoms with Gasteiger partial charge in [0.2, 0.25) is 11.8 Å². The third-order valence-electron chi connectivity index (χ3n) is 3.81. The number of rotatable bonds is 5. The van der Waals surface area contributed by atoms with Crippen molar-refractivity contribution in [2.75, 3.05) is 18.0 Å². The van der Waals surface area contributed by atoms with Crippen molar-refractivity contribution in [3.05, 3.63) is 29.8 Å². The Labute approximate surface area is 124 Å². The molecule has 0 bridgehead atoms. The number of carbonyl (C=O) groups excluding carboxylic acids is 2. The van der Waals surface area contributed by atoms with Crippen LogP contribution in [-0.2, 0) is 9.59 Å². The molecule has 1 fully saturated rings. The van der Waals surface area contributed by atoms with E-state index >= 15 is 0 Å². The van der Waals surface area contributed by atoms with Crippen molar-refractivity contribution >= 4 is 17.5 Å². The minimum absolute atomic E-state index is 0.0679. The molecule has 0 radical (unpaired) electrons. The summed E-state index contributed by atoms with van der Waals surface area (Å²) in [7, 11) is 0. The highest BCUT2D eigenvalue weighted by Gasteiger charge is 2.25. The van der Waals surface area contributed by atoms with Gasteiger partial charge < -0.3 is 10.2 Å². The van der Waals surface area contributed by atoms with Crippen LogP contribution in [-0.4, -0.2) is 24.9 Å². The molecular weight excluding hydrogens is 266 g/mol. The number of anilines is 1. The summed E-state index contributed by atoms with van der Waals surface area (Å²) in [4.78, 5) is 25.1. The predicted molar refractivity (Wildman–Crippen MR) is 79.5 cm³/mol. The number of para-hydroxylation sites is 1. The van der Waals surface area contributed by atoms with E-state index in [1.807, 2.05) is 0 Å². The number of amides is 2. The number of nitrogens with zero attached hydrogens (tertiary/aromatic N) is 2. The lowest BCUT2D eigenvalue weighted by Crippen LogP contribution is -2.41. The van der Waals surface area contributed by atoms with Crippen LogP contribution in [0.3, 0.4) is 0 Å². The highest BCUT2D eigenvalue weighted by molar-refractivity contribution is 5.93. The summed E-state index contributed by atoms with van der Waals surface area (Å²) in [5, 5.41) is 12.0. The molecule has 1 aromatic carbocycles. The van der Waals surface area contributed by atoms with Crippen LogP contribution in [0.15, 0.2) is 24.3 Å². The molecule has 0 unspecified atom stereocenters. The molecule has 1 saturated carbocycles. The van der Waals surface area contributed by atoms with Crippen molar-refractivity contribution in [1.82, 2.24) is 5.32 Å². The lowest BCUT2D eigenvalue weighted by atomic mass is 9.85. The number of nitriles is 1. The van der Waals surface area contributed by atoms with Crippen molar-refractivity contribution in [2.45, 2.75) is 26.2 Å². The van der Waals surface area contributed by atoms with Gasteiger partial charge in [0, 0.05) is 25.9 Å². The third kappa shape index (κ3) is 3.60. The van der Waals surface area contributed by atoms with E-state index in [4.69, 9.17) is 5.26 Å². The number of hydrogen-bond acceptors (Lipinski definition) is 3. The Morgan fingerprint density at radius 1 is 1.38 bits per heavy atom. The molecule has 0 aromatic heterocycles. The molecule has 0 spiro atoms. The van der Waals surface area contributed by atoms with Gasteiger partial charge in [-0.05, 0) is 25.0 Å². The van der Waals surface area contributed by atoms with Crippen molar-refractivity contribution in [1.29, 1.82) is 5.26 Å². The lowest BCUT2D eigenvalue weighted by Gasteiger charge is -2.26. The van der Waals surface area contributed by atoms with Crippen LogP contribution in [0.4, 0.5) is 5.69 Å². The standard InChI is InChI=1S/C16H19N3O2/c1-12(20)19(15-8-3-2-5-14(15)11-17)10-9-18-16(21)13-6-4-7-13/h2-3,5,8,13H,4,6-7,9-10H2,1H3,(H,18,21). The van der Waals surface area contributed by atoms with Crippen LogP contribution in [0, 0.1) is 17.2 Å². The van der Waals surface area contributed by atoms with Crippen molar-refractivity contribution in [2.24, 2.45) is 5.92 Å². The van der Waals surface area contributed by atoms with Crippen LogP contribution in [0.5, 0.6) is 0 Å². The number of nitrogens with one attached hydrogen (secondary N) is 1. The topological polar surface area (TPSA) is 73.2 Å². The Balaban J connectivity index is 1.98. The highest BCUT2D eigenvalue weighted by atomic mass is 16.2.